The van der Waals surface area contributed by atoms with E-state index in [9.17, 15) is 8.42 Å². The summed E-state index contributed by atoms with van der Waals surface area (Å²) < 4.78 is 50.8. The number of hydrogen-bond acceptors (Lipinski definition) is 9. The molecule has 0 aliphatic rings. The Hall–Kier alpha value is -3.57. The maximum atomic E-state index is 13.0. The monoisotopic (exact) mass is 518 g/mol. The van der Waals surface area contributed by atoms with Crippen molar-refractivity contribution in [2.24, 2.45) is 0 Å². The molecule has 1 heterocycles. The molecule has 1 aromatic carbocycles. The lowest BCUT2D eigenvalue weighted by molar-refractivity contribution is 0.109. The Kier molecular flexibility index (Phi) is 10.8. The maximum absolute atomic E-state index is 13.0. The molecule has 0 aliphatic carbocycles. The van der Waals surface area contributed by atoms with E-state index in [1.807, 2.05) is 6.92 Å². The Morgan fingerprint density at radius 2 is 1.83 bits per heavy atom. The van der Waals surface area contributed by atoms with Crippen LogP contribution in [0.4, 0.5) is 17.3 Å². The Labute approximate surface area is 212 Å². The van der Waals surface area contributed by atoms with Crippen molar-refractivity contribution in [2.45, 2.75) is 27.7 Å². The van der Waals surface area contributed by atoms with Gasteiger partial charge in [-0.05, 0) is 33.8 Å². The van der Waals surface area contributed by atoms with Crippen LogP contribution in [0, 0.1) is 0 Å². The van der Waals surface area contributed by atoms with Crippen molar-refractivity contribution in [3.05, 3.63) is 46.0 Å². The average Bonchev–Trinajstić information content (AvgIpc) is 2.86. The number of ether oxygens (including phenoxy) is 4. The molecule has 0 spiro atoms. The number of anilines is 3. The standard InChI is InChI=1S/C25H34N4O6S/c1-8-12-19(9-2)36(30,31)29-25-24(27-20(10-3)17(5)26-25)28-21-15-18(32-6)16-22(33-7)23(21)35-14-13-34-11-4/h8-10,12,15-16H,5,11,13-14H2,1-4,6-7H3,(H,26,29)(H,27,28). The van der Waals surface area contributed by atoms with Crippen molar-refractivity contribution in [1.82, 2.24) is 9.97 Å². The number of benzene rings is 1. The minimum Gasteiger partial charge on any atom is -0.497 e. The third-order valence-corrected chi connectivity index (χ3v) is 6.30. The molecule has 0 atom stereocenters. The summed E-state index contributed by atoms with van der Waals surface area (Å²) in [7, 11) is -0.917. The molecule has 0 amide bonds. The van der Waals surface area contributed by atoms with Crippen LogP contribution in [0.3, 0.4) is 0 Å². The summed E-state index contributed by atoms with van der Waals surface area (Å²) in [6.45, 7) is 12.1. The molecule has 0 unspecified atom stereocenters. The molecule has 0 bridgehead atoms. The van der Waals surface area contributed by atoms with Gasteiger partial charge in [0.1, 0.15) is 12.4 Å². The molecule has 36 heavy (non-hydrogen) atoms. The van der Waals surface area contributed by atoms with Crippen LogP contribution in [0.5, 0.6) is 17.2 Å². The molecule has 11 heteroatoms. The van der Waals surface area contributed by atoms with Crippen LogP contribution in [-0.2, 0) is 14.8 Å². The topological polar surface area (TPSA) is 121 Å². The van der Waals surface area contributed by atoms with E-state index in [2.05, 4.69) is 26.6 Å². The number of aromatic nitrogens is 2. The largest absolute Gasteiger partial charge is 0.497 e. The summed E-state index contributed by atoms with van der Waals surface area (Å²) in [5, 5.41) is 3.92. The van der Waals surface area contributed by atoms with Crippen LogP contribution < -0.4 is 34.9 Å². The van der Waals surface area contributed by atoms with Gasteiger partial charge in [0, 0.05) is 18.7 Å². The number of rotatable bonds is 13. The van der Waals surface area contributed by atoms with Gasteiger partial charge in [0.15, 0.2) is 23.1 Å². The molecule has 10 nitrogen and oxygen atoms in total. The van der Waals surface area contributed by atoms with Crippen molar-refractivity contribution in [2.75, 3.05) is 44.1 Å². The van der Waals surface area contributed by atoms with Crippen molar-refractivity contribution in [1.29, 1.82) is 0 Å². The molecule has 2 aromatic rings. The quantitative estimate of drug-likeness (QED) is 0.304. The van der Waals surface area contributed by atoms with E-state index < -0.39 is 10.0 Å². The lowest BCUT2D eigenvalue weighted by Gasteiger charge is -2.19. The van der Waals surface area contributed by atoms with Gasteiger partial charge >= 0.3 is 0 Å². The number of nitrogens with one attached hydrogen (secondary N) is 2. The highest BCUT2D eigenvalue weighted by Gasteiger charge is 2.21. The zero-order valence-electron chi connectivity index (χ0n) is 21.5. The predicted octanol–water partition coefficient (Wildman–Crippen LogP) is 3.09. The van der Waals surface area contributed by atoms with E-state index in [1.165, 1.54) is 26.4 Å². The van der Waals surface area contributed by atoms with E-state index in [4.69, 9.17) is 18.9 Å². The van der Waals surface area contributed by atoms with Crippen LogP contribution in [0.2, 0.25) is 0 Å². The minimum absolute atomic E-state index is 0.0310. The van der Waals surface area contributed by atoms with Gasteiger partial charge in [0.25, 0.3) is 10.0 Å². The minimum atomic E-state index is -3.95. The molecule has 1 aromatic heterocycles. The van der Waals surface area contributed by atoms with Gasteiger partial charge in [-0.25, -0.2) is 18.4 Å². The molecular weight excluding hydrogens is 484 g/mol. The van der Waals surface area contributed by atoms with Gasteiger partial charge in [-0.2, -0.15) is 0 Å². The van der Waals surface area contributed by atoms with Crippen LogP contribution in [-0.4, -0.2) is 52.4 Å². The van der Waals surface area contributed by atoms with Crippen LogP contribution >= 0.6 is 0 Å². The first-order valence-electron chi connectivity index (χ1n) is 11.3. The van der Waals surface area contributed by atoms with E-state index >= 15 is 0 Å². The summed E-state index contributed by atoms with van der Waals surface area (Å²) in [4.78, 5) is 9.00. The van der Waals surface area contributed by atoms with Gasteiger partial charge in [0.2, 0.25) is 0 Å². The Balaban J connectivity index is 2.64. The number of hydrogen-bond donors (Lipinski definition) is 2. The first kappa shape index (κ1) is 28.7. The second-order valence-electron chi connectivity index (χ2n) is 7.21. The summed E-state index contributed by atoms with van der Waals surface area (Å²) in [6, 6.07) is 3.36. The fourth-order valence-electron chi connectivity index (χ4n) is 3.13. The Morgan fingerprint density at radius 1 is 1.08 bits per heavy atom. The zero-order valence-corrected chi connectivity index (χ0v) is 22.4. The van der Waals surface area contributed by atoms with Gasteiger partial charge in [-0.15, -0.1) is 0 Å². The average molecular weight is 519 g/mol. The SMILES string of the molecule is C=c1nc(NS(=O)(=O)C(C=CC)=CC)c(Nc2cc(OC)cc(OC)c2OCCOCC)nc1=CC. The van der Waals surface area contributed by atoms with Gasteiger partial charge < -0.3 is 24.3 Å². The fraction of sp³-hybridized carbons (Fsp3) is 0.360. The molecule has 0 aliphatic heterocycles. The van der Waals surface area contributed by atoms with E-state index in [0.29, 0.717) is 46.8 Å². The van der Waals surface area contributed by atoms with Crippen molar-refractivity contribution in [3.63, 3.8) is 0 Å². The Morgan fingerprint density at radius 3 is 2.42 bits per heavy atom. The molecule has 2 rings (SSSR count). The number of allylic oxidation sites excluding steroid dienone is 3. The third kappa shape index (κ3) is 7.22. The first-order chi connectivity index (χ1) is 17.2. The highest BCUT2D eigenvalue weighted by atomic mass is 32.2. The summed E-state index contributed by atoms with van der Waals surface area (Å²) in [5.41, 5.74) is 0.427. The highest BCUT2D eigenvalue weighted by Crippen LogP contribution is 2.41. The van der Waals surface area contributed by atoms with Crippen molar-refractivity contribution in [3.8, 4) is 17.2 Å². The Bertz CT molecular complexity index is 1320. The summed E-state index contributed by atoms with van der Waals surface area (Å²) in [5.74, 6) is 1.37. The number of sulfonamides is 1. The van der Waals surface area contributed by atoms with Crippen molar-refractivity contribution < 1.29 is 27.4 Å². The smallest absolute Gasteiger partial charge is 0.262 e. The second kappa shape index (κ2) is 13.5. The molecule has 0 saturated heterocycles. The third-order valence-electron chi connectivity index (χ3n) is 4.84. The van der Waals surface area contributed by atoms with Gasteiger partial charge in [-0.1, -0.05) is 24.8 Å². The zero-order chi connectivity index (χ0) is 26.7. The molecule has 2 N–H and O–H groups in total. The van der Waals surface area contributed by atoms with Gasteiger partial charge in [0.05, 0.1) is 42.1 Å². The van der Waals surface area contributed by atoms with Crippen LogP contribution in [0.15, 0.2) is 35.3 Å². The number of methoxy groups -OCH3 is 2. The first-order valence-corrected chi connectivity index (χ1v) is 12.8. The summed E-state index contributed by atoms with van der Waals surface area (Å²) >= 11 is 0. The number of nitrogens with zero attached hydrogens (tertiary/aromatic N) is 2. The molecule has 0 fully saturated rings. The maximum Gasteiger partial charge on any atom is 0.262 e. The second-order valence-corrected chi connectivity index (χ2v) is 8.90. The van der Waals surface area contributed by atoms with E-state index in [-0.39, 0.29) is 23.1 Å². The van der Waals surface area contributed by atoms with E-state index in [1.54, 1.807) is 45.1 Å². The van der Waals surface area contributed by atoms with Gasteiger partial charge in [-0.3, -0.25) is 4.72 Å². The molecule has 0 saturated carbocycles. The lowest BCUT2D eigenvalue weighted by Crippen LogP contribution is -2.32. The lowest BCUT2D eigenvalue weighted by atomic mass is 10.2. The normalized spacial score (nSPS) is 12.6. The van der Waals surface area contributed by atoms with Crippen LogP contribution in [0.25, 0.3) is 12.7 Å². The summed E-state index contributed by atoms with van der Waals surface area (Å²) in [6.07, 6.45) is 6.33. The highest BCUT2D eigenvalue weighted by molar-refractivity contribution is 7.96. The van der Waals surface area contributed by atoms with Crippen LogP contribution in [0.1, 0.15) is 27.7 Å². The fourth-order valence-corrected chi connectivity index (χ4v) is 4.27. The molecule has 196 valence electrons. The van der Waals surface area contributed by atoms with Crippen molar-refractivity contribution >= 4 is 40.0 Å². The molecule has 0 radical (unpaired) electrons. The van der Waals surface area contributed by atoms with E-state index in [0.717, 1.165) is 0 Å². The predicted molar refractivity (Wildman–Crippen MR) is 143 cm³/mol. The molecular formula is C25H34N4O6S.